The lowest BCUT2D eigenvalue weighted by Gasteiger charge is -2.58. The smallest absolute Gasteiger partial charge is 0.248 e. The van der Waals surface area contributed by atoms with Crippen LogP contribution < -0.4 is 10.6 Å². The van der Waals surface area contributed by atoms with E-state index in [1.54, 1.807) is 5.56 Å². The predicted molar refractivity (Wildman–Crippen MR) is 168 cm³/mol. The molecule has 2 heterocycles. The molecule has 5 heteroatoms. The number of hydrogen-bond acceptors (Lipinski definition) is 4. The van der Waals surface area contributed by atoms with Gasteiger partial charge in [-0.15, -0.1) is 0 Å². The average Bonchev–Trinajstić information content (AvgIpc) is 2.99. The molecule has 3 aromatic rings. The summed E-state index contributed by atoms with van der Waals surface area (Å²) in [7, 11) is 0. The molecule has 1 amide bonds. The van der Waals surface area contributed by atoms with E-state index < -0.39 is 0 Å². The van der Waals surface area contributed by atoms with E-state index in [1.807, 2.05) is 12.1 Å². The minimum Gasteiger partial charge on any atom is -0.371 e. The third-order valence-electron chi connectivity index (χ3n) is 10.2. The lowest BCUT2D eigenvalue weighted by atomic mass is 9.59. The molecule has 3 aliphatic rings. The molecule has 3 fully saturated rings. The van der Waals surface area contributed by atoms with Gasteiger partial charge in [0.05, 0.1) is 0 Å². The van der Waals surface area contributed by atoms with Crippen molar-refractivity contribution in [2.24, 2.45) is 11.1 Å². The summed E-state index contributed by atoms with van der Waals surface area (Å²) in [4.78, 5) is 19.5. The molecule has 1 atom stereocenters. The molecule has 1 saturated carbocycles. The number of piperidine rings is 1. The van der Waals surface area contributed by atoms with Gasteiger partial charge in [-0.3, -0.25) is 14.6 Å². The number of piperazine rings is 1. The maximum absolute atomic E-state index is 11.5. The Morgan fingerprint density at radius 1 is 0.878 bits per heavy atom. The van der Waals surface area contributed by atoms with Gasteiger partial charge in [0, 0.05) is 62.6 Å². The van der Waals surface area contributed by atoms with Crippen LogP contribution in [0.5, 0.6) is 0 Å². The first-order valence-corrected chi connectivity index (χ1v) is 15.7. The summed E-state index contributed by atoms with van der Waals surface area (Å²) in [6.45, 7) is 11.4. The van der Waals surface area contributed by atoms with Crippen molar-refractivity contribution in [1.82, 2.24) is 9.80 Å². The molecule has 41 heavy (non-hydrogen) atoms. The minimum atomic E-state index is -0.360. The summed E-state index contributed by atoms with van der Waals surface area (Å²) in [5.74, 6) is 0.169. The molecular formula is C36H46N4O. The van der Waals surface area contributed by atoms with Crippen molar-refractivity contribution in [3.63, 3.8) is 0 Å². The number of carbonyl (C=O) groups is 1. The van der Waals surface area contributed by atoms with Crippen LogP contribution in [0, 0.1) is 5.41 Å². The molecule has 0 aromatic heterocycles. The fourth-order valence-corrected chi connectivity index (χ4v) is 7.70. The van der Waals surface area contributed by atoms with Crippen molar-refractivity contribution in [1.29, 1.82) is 0 Å². The zero-order chi connectivity index (χ0) is 28.4. The van der Waals surface area contributed by atoms with Gasteiger partial charge in [-0.25, -0.2) is 0 Å². The highest BCUT2D eigenvalue weighted by Gasteiger charge is 2.50. The maximum atomic E-state index is 11.5. The highest BCUT2D eigenvalue weighted by atomic mass is 16.1. The molecule has 0 radical (unpaired) electrons. The largest absolute Gasteiger partial charge is 0.371 e. The van der Waals surface area contributed by atoms with E-state index in [4.69, 9.17) is 5.73 Å². The lowest BCUT2D eigenvalue weighted by Crippen LogP contribution is -2.60. The molecule has 2 saturated heterocycles. The van der Waals surface area contributed by atoms with Gasteiger partial charge in [-0.2, -0.15) is 0 Å². The van der Waals surface area contributed by atoms with E-state index in [1.165, 1.54) is 42.5 Å². The van der Waals surface area contributed by atoms with E-state index in [9.17, 15) is 4.79 Å². The molecule has 5 nitrogen and oxygen atoms in total. The lowest BCUT2D eigenvalue weighted by molar-refractivity contribution is -0.0615. The van der Waals surface area contributed by atoms with E-state index in [0.29, 0.717) is 29.0 Å². The van der Waals surface area contributed by atoms with Crippen molar-refractivity contribution in [2.75, 3.05) is 44.2 Å². The fraction of sp³-hybridized carbons (Fsp3) is 0.472. The Morgan fingerprint density at radius 2 is 1.56 bits per heavy atom. The number of benzene rings is 3. The number of nitrogens with zero attached hydrogens (tertiary/aromatic N) is 3. The Labute approximate surface area is 246 Å². The molecule has 2 aliphatic heterocycles. The van der Waals surface area contributed by atoms with Gasteiger partial charge in [-0.05, 0) is 84.4 Å². The molecule has 1 aliphatic carbocycles. The second-order valence-corrected chi connectivity index (χ2v) is 13.0. The van der Waals surface area contributed by atoms with Crippen LogP contribution in [0.25, 0.3) is 0 Å². The third kappa shape index (κ3) is 6.07. The van der Waals surface area contributed by atoms with Crippen molar-refractivity contribution in [2.45, 2.75) is 64.0 Å². The topological polar surface area (TPSA) is 52.8 Å². The fourth-order valence-electron chi connectivity index (χ4n) is 7.70. The molecule has 216 valence electrons. The number of hydrogen-bond donors (Lipinski definition) is 1. The summed E-state index contributed by atoms with van der Waals surface area (Å²) < 4.78 is 0. The quantitative estimate of drug-likeness (QED) is 0.360. The van der Waals surface area contributed by atoms with Gasteiger partial charge in [-0.1, -0.05) is 68.4 Å². The summed E-state index contributed by atoms with van der Waals surface area (Å²) in [6, 6.07) is 29.1. The summed E-state index contributed by atoms with van der Waals surface area (Å²) in [6.07, 6.45) is 6.28. The van der Waals surface area contributed by atoms with Crippen molar-refractivity contribution >= 4 is 11.6 Å². The van der Waals surface area contributed by atoms with Crippen molar-refractivity contribution in [3.8, 4) is 0 Å². The van der Waals surface area contributed by atoms with Gasteiger partial charge >= 0.3 is 0 Å². The highest BCUT2D eigenvalue weighted by Crippen LogP contribution is 2.53. The van der Waals surface area contributed by atoms with Crippen LogP contribution >= 0.6 is 0 Å². The molecule has 3 aromatic carbocycles. The maximum Gasteiger partial charge on any atom is 0.248 e. The van der Waals surface area contributed by atoms with Crippen LogP contribution in [0.2, 0.25) is 0 Å². The average molecular weight is 551 g/mol. The van der Waals surface area contributed by atoms with E-state index in [0.717, 1.165) is 45.7 Å². The van der Waals surface area contributed by atoms with Gasteiger partial charge in [0.15, 0.2) is 0 Å². The second kappa shape index (κ2) is 12.0. The Bertz CT molecular complexity index is 1300. The van der Waals surface area contributed by atoms with Crippen molar-refractivity contribution in [3.05, 3.63) is 101 Å². The highest BCUT2D eigenvalue weighted by molar-refractivity contribution is 5.93. The molecular weight excluding hydrogens is 504 g/mol. The summed E-state index contributed by atoms with van der Waals surface area (Å²) >= 11 is 0. The number of primary amides is 1. The van der Waals surface area contributed by atoms with Gasteiger partial charge < -0.3 is 10.6 Å². The molecule has 6 rings (SSSR count). The van der Waals surface area contributed by atoms with Crippen molar-refractivity contribution < 1.29 is 4.79 Å². The Kier molecular flexibility index (Phi) is 8.19. The van der Waals surface area contributed by atoms with E-state index in [-0.39, 0.29) is 5.91 Å². The van der Waals surface area contributed by atoms with Crippen LogP contribution in [-0.4, -0.2) is 61.0 Å². The van der Waals surface area contributed by atoms with Crippen LogP contribution in [0.1, 0.15) is 78.5 Å². The minimum absolute atomic E-state index is 0.360. The van der Waals surface area contributed by atoms with E-state index in [2.05, 4.69) is 95.3 Å². The summed E-state index contributed by atoms with van der Waals surface area (Å²) in [5.41, 5.74) is 12.2. The Morgan fingerprint density at radius 3 is 2.24 bits per heavy atom. The normalized spacial score (nSPS) is 21.7. The number of anilines is 1. The van der Waals surface area contributed by atoms with Crippen LogP contribution in [0.3, 0.4) is 0 Å². The van der Waals surface area contributed by atoms with E-state index >= 15 is 0 Å². The first-order valence-electron chi connectivity index (χ1n) is 15.7. The van der Waals surface area contributed by atoms with Gasteiger partial charge in [0.1, 0.15) is 0 Å². The second-order valence-electron chi connectivity index (χ2n) is 13.0. The molecule has 1 unspecified atom stereocenters. The molecule has 1 spiro atoms. The monoisotopic (exact) mass is 550 g/mol. The first kappa shape index (κ1) is 28.0. The zero-order valence-electron chi connectivity index (χ0n) is 24.8. The Hall–Kier alpha value is -3.15. The number of rotatable bonds is 8. The molecule has 0 bridgehead atoms. The third-order valence-corrected chi connectivity index (χ3v) is 10.2. The van der Waals surface area contributed by atoms with Gasteiger partial charge in [0.25, 0.3) is 0 Å². The number of nitrogens with two attached hydrogens (primary N) is 1. The van der Waals surface area contributed by atoms with Crippen LogP contribution in [0.15, 0.2) is 78.9 Å². The Balaban J connectivity index is 1.12. The molecule has 2 N–H and O–H groups in total. The first-order chi connectivity index (χ1) is 19.9. The van der Waals surface area contributed by atoms with Crippen LogP contribution in [0.4, 0.5) is 5.69 Å². The predicted octanol–water partition coefficient (Wildman–Crippen LogP) is 6.26. The number of amides is 1. The number of carbonyl (C=O) groups excluding carboxylic acids is 1. The standard InChI is InChI=1S/C36H46N4O/c1-27(2)32-10-6-7-11-33(32)34-26-38(19-16-28-8-4-3-5-9-28)22-23-40(34)31-24-36(25-31)17-20-39(21-18-36)30-14-12-29(13-15-30)35(37)41/h3-15,27,31,34H,16-26H2,1-2H3,(H2,37,41). The van der Waals surface area contributed by atoms with Crippen LogP contribution in [-0.2, 0) is 6.42 Å². The SMILES string of the molecule is CC(C)c1ccccc1C1CN(CCc2ccccc2)CCN1C1CC2(CCN(c3ccc(C(N)=O)cc3)CC2)C1. The van der Waals surface area contributed by atoms with Gasteiger partial charge in [0.2, 0.25) is 5.91 Å². The zero-order valence-corrected chi connectivity index (χ0v) is 24.8. The summed E-state index contributed by atoms with van der Waals surface area (Å²) in [5, 5.41) is 0.